The molecule has 8 heteroatoms. The van der Waals surface area contributed by atoms with Gasteiger partial charge in [0, 0.05) is 26.2 Å². The highest BCUT2D eigenvalue weighted by Crippen LogP contribution is 2.28. The van der Waals surface area contributed by atoms with Crippen LogP contribution >= 0.6 is 0 Å². The summed E-state index contributed by atoms with van der Waals surface area (Å²) in [4.78, 5) is 16.5. The van der Waals surface area contributed by atoms with E-state index in [1.54, 1.807) is 17.0 Å². The lowest BCUT2D eigenvalue weighted by Crippen LogP contribution is -2.53. The minimum atomic E-state index is -4.72. The van der Waals surface area contributed by atoms with E-state index in [1.165, 1.54) is 17.7 Å². The maximum absolute atomic E-state index is 12.5. The molecule has 2 aliphatic heterocycles. The van der Waals surface area contributed by atoms with Gasteiger partial charge in [0.1, 0.15) is 12.4 Å². The second-order valence-electron chi connectivity index (χ2n) is 7.31. The largest absolute Gasteiger partial charge is 0.573 e. The number of hydrogen-bond acceptors (Lipinski definition) is 4. The molecule has 0 unspecified atom stereocenters. The molecule has 1 amide bonds. The van der Waals surface area contributed by atoms with E-state index in [0.717, 1.165) is 18.7 Å². The predicted molar refractivity (Wildman–Crippen MR) is 98.9 cm³/mol. The fourth-order valence-electron chi connectivity index (χ4n) is 3.91. The van der Waals surface area contributed by atoms with E-state index in [0.29, 0.717) is 13.1 Å². The monoisotopic (exact) mass is 406 g/mol. The Hall–Kier alpha value is -2.58. The molecule has 2 heterocycles. The van der Waals surface area contributed by atoms with Crippen molar-refractivity contribution in [2.24, 2.45) is 0 Å². The van der Waals surface area contributed by atoms with Crippen molar-refractivity contribution >= 4 is 5.91 Å². The lowest BCUT2D eigenvalue weighted by atomic mass is 10.1. The second-order valence-corrected chi connectivity index (χ2v) is 7.31. The van der Waals surface area contributed by atoms with Gasteiger partial charge in [-0.3, -0.25) is 9.69 Å². The van der Waals surface area contributed by atoms with Gasteiger partial charge in [0.15, 0.2) is 0 Å². The van der Waals surface area contributed by atoms with Gasteiger partial charge >= 0.3 is 6.36 Å². The third-order valence-electron chi connectivity index (χ3n) is 5.21. The van der Waals surface area contributed by atoms with Crippen molar-refractivity contribution in [2.45, 2.75) is 31.6 Å². The molecule has 2 saturated heterocycles. The number of amides is 1. The topological polar surface area (TPSA) is 42.0 Å². The number of benzene rings is 2. The Morgan fingerprint density at radius 3 is 2.34 bits per heavy atom. The number of carbonyl (C=O) groups excluding carboxylic acids is 1. The highest BCUT2D eigenvalue weighted by molar-refractivity contribution is 5.78. The highest BCUT2D eigenvalue weighted by Gasteiger charge is 2.43. The molecule has 5 nitrogen and oxygen atoms in total. The minimum Gasteiger partial charge on any atom is -0.406 e. The fraction of sp³-hybridized carbons (Fsp3) is 0.381. The van der Waals surface area contributed by atoms with Crippen LogP contribution in [0.4, 0.5) is 13.2 Å². The summed E-state index contributed by atoms with van der Waals surface area (Å²) >= 11 is 0. The van der Waals surface area contributed by atoms with Gasteiger partial charge in [-0.25, -0.2) is 0 Å². The van der Waals surface area contributed by atoms with E-state index >= 15 is 0 Å². The molecule has 4 rings (SSSR count). The van der Waals surface area contributed by atoms with Crippen molar-refractivity contribution in [1.82, 2.24) is 9.80 Å². The first-order valence-corrected chi connectivity index (χ1v) is 9.39. The zero-order valence-electron chi connectivity index (χ0n) is 15.6. The van der Waals surface area contributed by atoms with Crippen LogP contribution < -0.4 is 4.74 Å². The van der Waals surface area contributed by atoms with Gasteiger partial charge in [0.25, 0.3) is 0 Å². The van der Waals surface area contributed by atoms with Crippen LogP contribution in [0.25, 0.3) is 0 Å². The Labute approximate surface area is 166 Å². The summed E-state index contributed by atoms with van der Waals surface area (Å²) in [5, 5.41) is 0. The van der Waals surface area contributed by atoms with Gasteiger partial charge in [0.2, 0.25) is 5.91 Å². The van der Waals surface area contributed by atoms with Crippen molar-refractivity contribution < 1.29 is 27.4 Å². The van der Waals surface area contributed by atoms with Gasteiger partial charge in [0.05, 0.1) is 12.1 Å². The fourth-order valence-corrected chi connectivity index (χ4v) is 3.91. The molecule has 0 bridgehead atoms. The van der Waals surface area contributed by atoms with Crippen molar-refractivity contribution in [2.75, 3.05) is 19.7 Å². The number of hydrogen-bond donors (Lipinski definition) is 0. The average molecular weight is 406 g/mol. The molecular formula is C21H21F3N2O3. The number of halogens is 3. The van der Waals surface area contributed by atoms with E-state index in [1.807, 2.05) is 18.2 Å². The number of carbonyl (C=O) groups is 1. The van der Waals surface area contributed by atoms with Gasteiger partial charge < -0.3 is 14.4 Å². The number of likely N-dealkylation sites (tertiary alicyclic amines) is 1. The first kappa shape index (κ1) is 19.7. The predicted octanol–water partition coefficient (Wildman–Crippen LogP) is 3.20. The van der Waals surface area contributed by atoms with Crippen LogP contribution in [0.15, 0.2) is 54.6 Å². The summed E-state index contributed by atoms with van der Waals surface area (Å²) in [6, 6.07) is 15.7. The van der Waals surface area contributed by atoms with Crippen molar-refractivity contribution in [1.29, 1.82) is 0 Å². The van der Waals surface area contributed by atoms with Gasteiger partial charge in [-0.05, 0) is 23.3 Å². The summed E-state index contributed by atoms with van der Waals surface area (Å²) in [6.07, 6.45) is -4.79. The quantitative estimate of drug-likeness (QED) is 0.765. The number of morpholine rings is 1. The van der Waals surface area contributed by atoms with Crippen LogP contribution in [0.1, 0.15) is 11.1 Å². The van der Waals surface area contributed by atoms with Crippen LogP contribution in [0.2, 0.25) is 0 Å². The summed E-state index contributed by atoms with van der Waals surface area (Å²) in [6.45, 7) is 2.56. The summed E-state index contributed by atoms with van der Waals surface area (Å²) < 4.78 is 46.6. The Morgan fingerprint density at radius 1 is 0.966 bits per heavy atom. The van der Waals surface area contributed by atoms with Crippen LogP contribution in [-0.4, -0.2) is 53.9 Å². The van der Waals surface area contributed by atoms with E-state index in [2.05, 4.69) is 21.8 Å². The molecule has 29 heavy (non-hydrogen) atoms. The summed E-state index contributed by atoms with van der Waals surface area (Å²) in [7, 11) is 0. The summed E-state index contributed by atoms with van der Waals surface area (Å²) in [5.74, 6) is -0.384. The van der Waals surface area contributed by atoms with Gasteiger partial charge in [-0.15, -0.1) is 13.2 Å². The Kier molecular flexibility index (Phi) is 5.47. The molecule has 0 N–H and O–H groups in total. The minimum absolute atomic E-state index is 0.0234. The number of rotatable bonds is 5. The number of fused-ring (bicyclic) bond motifs is 1. The van der Waals surface area contributed by atoms with Crippen LogP contribution in [0.3, 0.4) is 0 Å². The Bertz CT molecular complexity index is 842. The Balaban J connectivity index is 1.42. The average Bonchev–Trinajstić information content (AvgIpc) is 3.08. The normalized spacial score (nSPS) is 22.6. The molecule has 2 atom stereocenters. The van der Waals surface area contributed by atoms with Crippen LogP contribution in [0, 0.1) is 0 Å². The van der Waals surface area contributed by atoms with Gasteiger partial charge in [-0.1, -0.05) is 42.5 Å². The first-order valence-electron chi connectivity index (χ1n) is 9.39. The zero-order chi connectivity index (χ0) is 20.4. The standard InChI is InChI=1S/C21H21F3N2O3/c22-21(23,24)29-17-8-6-16(7-9-17)11-26-18-12-25(10-15-4-2-1-3-5-15)13-19(18)28-14-20(26)27/h1-9,18-19H,10-14H2/t18-,19+/m1/s1. The van der Waals surface area contributed by atoms with Crippen molar-refractivity contribution in [3.8, 4) is 5.75 Å². The van der Waals surface area contributed by atoms with Gasteiger partial charge in [-0.2, -0.15) is 0 Å². The van der Waals surface area contributed by atoms with E-state index in [4.69, 9.17) is 4.74 Å². The first-order chi connectivity index (χ1) is 13.9. The Morgan fingerprint density at radius 2 is 1.66 bits per heavy atom. The van der Waals surface area contributed by atoms with Crippen molar-refractivity contribution in [3.05, 3.63) is 65.7 Å². The molecule has 2 aromatic rings. The van der Waals surface area contributed by atoms with Crippen molar-refractivity contribution in [3.63, 3.8) is 0 Å². The molecule has 2 fully saturated rings. The molecule has 0 radical (unpaired) electrons. The van der Waals surface area contributed by atoms with E-state index in [-0.39, 0.29) is 30.4 Å². The molecule has 0 saturated carbocycles. The second kappa shape index (κ2) is 8.04. The third kappa shape index (κ3) is 4.89. The third-order valence-corrected chi connectivity index (χ3v) is 5.21. The lowest BCUT2D eigenvalue weighted by molar-refractivity contribution is -0.274. The maximum Gasteiger partial charge on any atom is 0.573 e. The van der Waals surface area contributed by atoms with Crippen LogP contribution in [-0.2, 0) is 22.6 Å². The smallest absolute Gasteiger partial charge is 0.406 e. The molecule has 154 valence electrons. The number of nitrogens with zero attached hydrogens (tertiary/aromatic N) is 2. The number of ether oxygens (including phenoxy) is 2. The van der Waals surface area contributed by atoms with E-state index in [9.17, 15) is 18.0 Å². The molecule has 2 aliphatic rings. The molecular weight excluding hydrogens is 385 g/mol. The molecule has 0 aliphatic carbocycles. The maximum atomic E-state index is 12.5. The van der Waals surface area contributed by atoms with Crippen LogP contribution in [0.5, 0.6) is 5.75 Å². The molecule has 0 spiro atoms. The number of alkyl halides is 3. The van der Waals surface area contributed by atoms with E-state index < -0.39 is 6.36 Å². The highest BCUT2D eigenvalue weighted by atomic mass is 19.4. The molecule has 2 aromatic carbocycles. The SMILES string of the molecule is O=C1CO[C@H]2CN(Cc3ccccc3)C[C@H]2N1Cc1ccc(OC(F)(F)F)cc1. The summed E-state index contributed by atoms with van der Waals surface area (Å²) in [5.41, 5.74) is 1.94. The zero-order valence-corrected chi connectivity index (χ0v) is 15.6. The molecule has 0 aromatic heterocycles. The lowest BCUT2D eigenvalue weighted by Gasteiger charge is -2.36.